The second-order valence-corrected chi connectivity index (χ2v) is 6.44. The minimum atomic E-state index is -1.21. The number of nitrogens with zero attached hydrogens (tertiary/aromatic N) is 2. The lowest BCUT2D eigenvalue weighted by molar-refractivity contribution is -0.137. The summed E-state index contributed by atoms with van der Waals surface area (Å²) >= 11 is 0.858. The molecule has 0 radical (unpaired) electrons. The number of ketones is 1. The molecule has 0 aliphatic carbocycles. The smallest absolute Gasteiger partial charge is 0.287 e. The van der Waals surface area contributed by atoms with Crippen LogP contribution in [0.3, 0.4) is 0 Å². The average Bonchev–Trinajstić information content (AvgIpc) is 3.19. The number of carbonyl (C=O) groups excluding carboxylic acids is 3. The van der Waals surface area contributed by atoms with Crippen molar-refractivity contribution in [3.05, 3.63) is 71.7 Å². The Morgan fingerprint density at radius 2 is 1.71 bits per heavy atom. The maximum atomic E-state index is 13.1. The number of carbonyl (C=O) groups is 3. The number of nitrogens with one attached hydrogen (secondary N) is 1. The van der Waals surface area contributed by atoms with E-state index in [1.165, 1.54) is 24.3 Å². The summed E-state index contributed by atoms with van der Waals surface area (Å²) in [5.74, 6) is -3.23. The molecule has 28 heavy (non-hydrogen) atoms. The first-order valence-corrected chi connectivity index (χ1v) is 8.95. The molecule has 3 aromatic rings. The number of primary amides is 1. The van der Waals surface area contributed by atoms with E-state index in [1.807, 2.05) is 6.07 Å². The molecule has 0 spiro atoms. The molecule has 9 heteroatoms. The zero-order valence-corrected chi connectivity index (χ0v) is 15.3. The van der Waals surface area contributed by atoms with Gasteiger partial charge in [-0.2, -0.15) is 8.75 Å². The van der Waals surface area contributed by atoms with Gasteiger partial charge in [0.05, 0.1) is 11.7 Å². The molecular weight excluding hydrogens is 383 g/mol. The highest BCUT2D eigenvalue weighted by molar-refractivity contribution is 6.99. The van der Waals surface area contributed by atoms with Gasteiger partial charge in [0, 0.05) is 12.0 Å². The molecule has 3 rings (SSSR count). The van der Waals surface area contributed by atoms with Gasteiger partial charge in [0.15, 0.2) is 5.69 Å². The molecule has 2 aromatic carbocycles. The molecule has 1 aromatic heterocycles. The summed E-state index contributed by atoms with van der Waals surface area (Å²) in [6, 6.07) is 13.1. The largest absolute Gasteiger partial charge is 0.363 e. The molecule has 1 unspecified atom stereocenters. The SMILES string of the molecule is NC(=O)C(=O)C(Cc1ccc(F)cc1)NC(=O)c1nsnc1-c1ccccc1. The maximum absolute atomic E-state index is 13.1. The Morgan fingerprint density at radius 1 is 1.04 bits per heavy atom. The maximum Gasteiger partial charge on any atom is 0.287 e. The van der Waals surface area contributed by atoms with Gasteiger partial charge in [-0.1, -0.05) is 42.5 Å². The number of rotatable bonds is 7. The Hall–Kier alpha value is -3.46. The van der Waals surface area contributed by atoms with Crippen LogP contribution in [-0.2, 0) is 16.0 Å². The lowest BCUT2D eigenvalue weighted by Gasteiger charge is -2.16. The number of benzene rings is 2. The number of nitrogens with two attached hydrogens (primary N) is 1. The van der Waals surface area contributed by atoms with Crippen molar-refractivity contribution in [2.75, 3.05) is 0 Å². The first kappa shape index (κ1) is 19.3. The van der Waals surface area contributed by atoms with Crippen LogP contribution >= 0.6 is 11.7 Å². The van der Waals surface area contributed by atoms with E-state index in [2.05, 4.69) is 14.1 Å². The quantitative estimate of drug-likeness (QED) is 0.588. The van der Waals surface area contributed by atoms with Crippen LogP contribution in [0.1, 0.15) is 16.1 Å². The van der Waals surface area contributed by atoms with Crippen molar-refractivity contribution >= 4 is 29.3 Å². The van der Waals surface area contributed by atoms with Crippen LogP contribution in [0.4, 0.5) is 4.39 Å². The summed E-state index contributed by atoms with van der Waals surface area (Å²) in [6.45, 7) is 0. The van der Waals surface area contributed by atoms with Crippen LogP contribution in [0.25, 0.3) is 11.3 Å². The number of aromatic nitrogens is 2. The molecule has 0 saturated carbocycles. The van der Waals surface area contributed by atoms with Crippen molar-refractivity contribution in [2.45, 2.75) is 12.5 Å². The van der Waals surface area contributed by atoms with E-state index in [0.717, 1.165) is 11.7 Å². The molecule has 0 bridgehead atoms. The van der Waals surface area contributed by atoms with E-state index < -0.39 is 29.5 Å². The predicted octanol–water partition coefficient (Wildman–Crippen LogP) is 1.74. The van der Waals surface area contributed by atoms with Gasteiger partial charge < -0.3 is 11.1 Å². The highest BCUT2D eigenvalue weighted by Gasteiger charge is 2.28. The van der Waals surface area contributed by atoms with Crippen LogP contribution in [0, 0.1) is 5.82 Å². The third-order valence-corrected chi connectivity index (χ3v) is 4.50. The normalized spacial score (nSPS) is 11.6. The highest BCUT2D eigenvalue weighted by atomic mass is 32.1. The lowest BCUT2D eigenvalue weighted by atomic mass is 10.0. The van der Waals surface area contributed by atoms with Crippen molar-refractivity contribution in [2.24, 2.45) is 5.73 Å². The van der Waals surface area contributed by atoms with Gasteiger partial charge in [0.25, 0.3) is 11.8 Å². The first-order chi connectivity index (χ1) is 13.5. The fourth-order valence-corrected chi connectivity index (χ4v) is 3.15. The Kier molecular flexibility index (Phi) is 5.85. The molecule has 3 N–H and O–H groups in total. The Bertz CT molecular complexity index is 1010. The van der Waals surface area contributed by atoms with Crippen molar-refractivity contribution in [1.29, 1.82) is 0 Å². The predicted molar refractivity (Wildman–Crippen MR) is 101 cm³/mol. The van der Waals surface area contributed by atoms with Crippen molar-refractivity contribution in [3.63, 3.8) is 0 Å². The second-order valence-electron chi connectivity index (χ2n) is 5.91. The highest BCUT2D eigenvalue weighted by Crippen LogP contribution is 2.21. The number of halogens is 1. The zero-order chi connectivity index (χ0) is 20.1. The van der Waals surface area contributed by atoms with Crippen molar-refractivity contribution in [3.8, 4) is 11.3 Å². The summed E-state index contributed by atoms with van der Waals surface area (Å²) in [7, 11) is 0. The number of Topliss-reactive ketones (excluding diaryl/α,β-unsaturated/α-hetero) is 1. The molecule has 0 fully saturated rings. The van der Waals surface area contributed by atoms with E-state index in [-0.39, 0.29) is 12.1 Å². The number of hydrogen-bond acceptors (Lipinski definition) is 6. The van der Waals surface area contributed by atoms with Crippen LogP contribution < -0.4 is 11.1 Å². The van der Waals surface area contributed by atoms with Crippen LogP contribution in [-0.4, -0.2) is 32.4 Å². The standard InChI is InChI=1S/C19H15FN4O3S/c20-13-8-6-11(7-9-13)10-14(17(25)18(21)26)22-19(27)16-15(23-28-24-16)12-4-2-1-3-5-12/h1-9,14H,10H2,(H2,21,26)(H,22,27). The van der Waals surface area contributed by atoms with Gasteiger partial charge in [-0.25, -0.2) is 4.39 Å². The van der Waals surface area contributed by atoms with Crippen molar-refractivity contribution in [1.82, 2.24) is 14.1 Å². The lowest BCUT2D eigenvalue weighted by Crippen LogP contribution is -2.47. The second kappa shape index (κ2) is 8.49. The van der Waals surface area contributed by atoms with Crippen molar-refractivity contribution < 1.29 is 18.8 Å². The van der Waals surface area contributed by atoms with Gasteiger partial charge in [0.1, 0.15) is 17.6 Å². The fourth-order valence-electron chi connectivity index (χ4n) is 2.59. The summed E-state index contributed by atoms with van der Waals surface area (Å²) in [4.78, 5) is 36.3. The van der Waals surface area contributed by atoms with E-state index >= 15 is 0 Å². The van der Waals surface area contributed by atoms with Gasteiger partial charge in [-0.3, -0.25) is 14.4 Å². The van der Waals surface area contributed by atoms with Gasteiger partial charge in [-0.05, 0) is 17.7 Å². The first-order valence-electron chi connectivity index (χ1n) is 8.22. The number of amides is 2. The molecule has 0 saturated heterocycles. The van der Waals surface area contributed by atoms with E-state index in [4.69, 9.17) is 5.73 Å². The molecule has 1 atom stereocenters. The van der Waals surface area contributed by atoms with Gasteiger partial charge >= 0.3 is 0 Å². The van der Waals surface area contributed by atoms with Gasteiger partial charge in [0.2, 0.25) is 5.78 Å². The fraction of sp³-hybridized carbons (Fsp3) is 0.105. The Labute approximate surface area is 163 Å². The third-order valence-electron chi connectivity index (χ3n) is 3.97. The topological polar surface area (TPSA) is 115 Å². The summed E-state index contributed by atoms with van der Waals surface area (Å²) < 4.78 is 21.2. The number of hydrogen-bond donors (Lipinski definition) is 2. The average molecular weight is 398 g/mol. The van der Waals surface area contributed by atoms with Crippen LogP contribution in [0.15, 0.2) is 54.6 Å². The third kappa shape index (κ3) is 4.44. The van der Waals surface area contributed by atoms with E-state index in [0.29, 0.717) is 16.8 Å². The minimum absolute atomic E-state index is 0.0218. The molecular formula is C19H15FN4O3S. The van der Waals surface area contributed by atoms with Crippen LogP contribution in [0.5, 0.6) is 0 Å². The summed E-state index contributed by atoms with van der Waals surface area (Å²) in [5, 5.41) is 2.49. The molecule has 1 heterocycles. The Morgan fingerprint density at radius 3 is 2.36 bits per heavy atom. The Balaban J connectivity index is 1.84. The monoisotopic (exact) mass is 398 g/mol. The van der Waals surface area contributed by atoms with Crippen LogP contribution in [0.2, 0.25) is 0 Å². The van der Waals surface area contributed by atoms with Gasteiger partial charge in [-0.15, -0.1) is 0 Å². The molecule has 2 amide bonds. The summed E-state index contributed by atoms with van der Waals surface area (Å²) in [5.41, 5.74) is 6.76. The molecule has 142 valence electrons. The summed E-state index contributed by atoms with van der Waals surface area (Å²) in [6.07, 6.45) is -0.0218. The molecule has 0 aliphatic heterocycles. The molecule has 0 aliphatic rings. The minimum Gasteiger partial charge on any atom is -0.363 e. The molecule has 7 nitrogen and oxygen atoms in total. The van der Waals surface area contributed by atoms with E-state index in [1.54, 1.807) is 24.3 Å². The van der Waals surface area contributed by atoms with E-state index in [9.17, 15) is 18.8 Å². The zero-order valence-electron chi connectivity index (χ0n) is 14.5.